The number of rotatable bonds is 8. The Bertz CT molecular complexity index is 432. The number of thioether (sulfide) groups is 1. The van der Waals surface area contributed by atoms with Gasteiger partial charge in [0, 0.05) is 37.4 Å². The van der Waals surface area contributed by atoms with Gasteiger partial charge < -0.3 is 21.3 Å². The van der Waals surface area contributed by atoms with Gasteiger partial charge >= 0.3 is 6.03 Å². The van der Waals surface area contributed by atoms with Crippen LogP contribution < -0.4 is 21.3 Å². The van der Waals surface area contributed by atoms with Gasteiger partial charge in [0.1, 0.15) is 0 Å². The van der Waals surface area contributed by atoms with Crippen LogP contribution in [0.4, 0.5) is 4.79 Å². The number of fused-ring (bicyclic) bond motifs is 1. The number of urea groups is 1. The van der Waals surface area contributed by atoms with Gasteiger partial charge in [0.2, 0.25) is 11.8 Å². The zero-order valence-electron chi connectivity index (χ0n) is 12.8. The van der Waals surface area contributed by atoms with E-state index in [1.54, 1.807) is 0 Å². The van der Waals surface area contributed by atoms with Crippen molar-refractivity contribution < 1.29 is 14.4 Å². The molecule has 22 heavy (non-hydrogen) atoms. The first kappa shape index (κ1) is 16.9. The van der Waals surface area contributed by atoms with Crippen molar-refractivity contribution in [2.45, 2.75) is 49.9 Å². The van der Waals surface area contributed by atoms with Crippen LogP contribution in [-0.2, 0) is 9.59 Å². The van der Waals surface area contributed by atoms with E-state index in [-0.39, 0.29) is 29.9 Å². The fourth-order valence-corrected chi connectivity index (χ4v) is 4.35. The second-order valence-electron chi connectivity index (χ2n) is 5.70. The highest BCUT2D eigenvalue weighted by Crippen LogP contribution is 2.33. The van der Waals surface area contributed by atoms with Crippen molar-refractivity contribution in [1.29, 1.82) is 0 Å². The number of carbonyl (C=O) groups is 3. The first-order chi connectivity index (χ1) is 10.6. The number of hydrogen-bond acceptors (Lipinski definition) is 4. The summed E-state index contributed by atoms with van der Waals surface area (Å²) in [5.74, 6) is 0.908. The zero-order chi connectivity index (χ0) is 15.9. The minimum atomic E-state index is -0.0879. The predicted octanol–water partition coefficient (Wildman–Crippen LogP) is -0.0355. The summed E-state index contributed by atoms with van der Waals surface area (Å²) in [7, 11) is 0. The van der Waals surface area contributed by atoms with E-state index in [1.807, 2.05) is 11.8 Å². The SMILES string of the molecule is CC(=O)NCCNC(=O)CCCC[C@@H]1SC[C@@H]2NC(=O)N[C@@H]21. The third kappa shape index (κ3) is 5.08. The Morgan fingerprint density at radius 1 is 1.23 bits per heavy atom. The summed E-state index contributed by atoms with van der Waals surface area (Å²) in [5, 5.41) is 11.8. The lowest BCUT2D eigenvalue weighted by atomic mass is 10.0. The molecule has 0 unspecified atom stereocenters. The molecule has 0 aliphatic carbocycles. The molecule has 8 heteroatoms. The molecule has 2 saturated heterocycles. The molecule has 0 aromatic carbocycles. The molecule has 2 fully saturated rings. The minimum absolute atomic E-state index is 0.0261. The minimum Gasteiger partial charge on any atom is -0.355 e. The lowest BCUT2D eigenvalue weighted by molar-refractivity contribution is -0.122. The molecular formula is C14H24N4O3S. The first-order valence-electron chi connectivity index (χ1n) is 7.76. The molecule has 0 aromatic rings. The highest BCUT2D eigenvalue weighted by molar-refractivity contribution is 8.00. The number of nitrogens with one attached hydrogen (secondary N) is 4. The summed E-state index contributed by atoms with van der Waals surface area (Å²) in [4.78, 5) is 33.6. The van der Waals surface area contributed by atoms with Crippen molar-refractivity contribution in [3.8, 4) is 0 Å². The van der Waals surface area contributed by atoms with Gasteiger partial charge in [0.15, 0.2) is 0 Å². The quantitative estimate of drug-likeness (QED) is 0.371. The van der Waals surface area contributed by atoms with Crippen LogP contribution in [0, 0.1) is 0 Å². The van der Waals surface area contributed by atoms with Gasteiger partial charge in [0.25, 0.3) is 0 Å². The molecule has 0 radical (unpaired) electrons. The van der Waals surface area contributed by atoms with E-state index in [2.05, 4.69) is 21.3 Å². The van der Waals surface area contributed by atoms with Gasteiger partial charge in [0.05, 0.1) is 12.1 Å². The van der Waals surface area contributed by atoms with Gasteiger partial charge in [-0.3, -0.25) is 9.59 Å². The molecule has 2 heterocycles. The van der Waals surface area contributed by atoms with Crippen LogP contribution in [-0.4, -0.2) is 54.0 Å². The Morgan fingerprint density at radius 3 is 2.77 bits per heavy atom. The van der Waals surface area contributed by atoms with E-state index < -0.39 is 0 Å². The van der Waals surface area contributed by atoms with Crippen molar-refractivity contribution in [3.05, 3.63) is 0 Å². The van der Waals surface area contributed by atoms with Crippen molar-refractivity contribution in [2.24, 2.45) is 0 Å². The van der Waals surface area contributed by atoms with Crippen LogP contribution >= 0.6 is 11.8 Å². The lowest BCUT2D eigenvalue weighted by Gasteiger charge is -2.16. The second-order valence-corrected chi connectivity index (χ2v) is 6.97. The summed E-state index contributed by atoms with van der Waals surface area (Å²) in [5.41, 5.74) is 0. The highest BCUT2D eigenvalue weighted by Gasteiger charge is 2.42. The topological polar surface area (TPSA) is 99.3 Å². The number of hydrogen-bond donors (Lipinski definition) is 4. The smallest absolute Gasteiger partial charge is 0.315 e. The van der Waals surface area contributed by atoms with Gasteiger partial charge in [-0.25, -0.2) is 4.79 Å². The van der Waals surface area contributed by atoms with E-state index >= 15 is 0 Å². The normalized spacial score (nSPS) is 26.0. The van der Waals surface area contributed by atoms with Crippen LogP contribution in [0.1, 0.15) is 32.6 Å². The Kier molecular flexibility index (Phi) is 6.35. The third-order valence-electron chi connectivity index (χ3n) is 3.90. The van der Waals surface area contributed by atoms with E-state index in [0.29, 0.717) is 24.8 Å². The van der Waals surface area contributed by atoms with E-state index in [4.69, 9.17) is 0 Å². The molecular weight excluding hydrogens is 304 g/mol. The largest absolute Gasteiger partial charge is 0.355 e. The molecule has 4 N–H and O–H groups in total. The Morgan fingerprint density at radius 2 is 2.00 bits per heavy atom. The Balaban J connectivity index is 1.51. The van der Waals surface area contributed by atoms with Crippen LogP contribution in [0.15, 0.2) is 0 Å². The predicted molar refractivity (Wildman–Crippen MR) is 85.7 cm³/mol. The summed E-state index contributed by atoms with van der Waals surface area (Å²) < 4.78 is 0. The standard InChI is InChI=1S/C14H24N4O3S/c1-9(19)15-6-7-16-12(20)5-3-2-4-11-13-10(8-22-11)17-14(21)18-13/h10-11,13H,2-8H2,1H3,(H,15,19)(H,16,20)(H2,17,18,21)/t10-,11-,13-/m0/s1. The first-order valence-corrected chi connectivity index (χ1v) is 8.81. The maximum atomic E-state index is 11.6. The third-order valence-corrected chi connectivity index (χ3v) is 5.41. The van der Waals surface area contributed by atoms with Crippen molar-refractivity contribution in [1.82, 2.24) is 21.3 Å². The molecule has 2 aliphatic rings. The molecule has 0 saturated carbocycles. The Hall–Kier alpha value is -1.44. The van der Waals surface area contributed by atoms with Gasteiger partial charge in [-0.1, -0.05) is 6.42 Å². The lowest BCUT2D eigenvalue weighted by Crippen LogP contribution is -2.36. The highest BCUT2D eigenvalue weighted by atomic mass is 32.2. The van der Waals surface area contributed by atoms with Crippen LogP contribution in [0.3, 0.4) is 0 Å². The summed E-state index contributed by atoms with van der Waals surface area (Å²) in [6, 6.07) is 0.447. The van der Waals surface area contributed by atoms with E-state index in [0.717, 1.165) is 25.0 Å². The van der Waals surface area contributed by atoms with Crippen LogP contribution in [0.25, 0.3) is 0 Å². The van der Waals surface area contributed by atoms with Crippen LogP contribution in [0.5, 0.6) is 0 Å². The average Bonchev–Trinajstić information content (AvgIpc) is 2.99. The maximum absolute atomic E-state index is 11.6. The number of unbranched alkanes of at least 4 members (excludes halogenated alkanes) is 1. The van der Waals surface area contributed by atoms with Gasteiger partial charge in [-0.15, -0.1) is 0 Å². The fraction of sp³-hybridized carbons (Fsp3) is 0.786. The summed E-state index contributed by atoms with van der Waals surface area (Å²) in [6.07, 6.45) is 3.36. The number of carbonyl (C=O) groups excluding carboxylic acids is 3. The second kappa shape index (κ2) is 8.26. The average molecular weight is 328 g/mol. The van der Waals surface area contributed by atoms with Crippen LogP contribution in [0.2, 0.25) is 0 Å². The summed E-state index contributed by atoms with van der Waals surface area (Å²) in [6.45, 7) is 2.39. The molecule has 4 amide bonds. The summed E-state index contributed by atoms with van der Waals surface area (Å²) >= 11 is 1.90. The molecule has 3 atom stereocenters. The van der Waals surface area contributed by atoms with Crippen molar-refractivity contribution in [3.63, 3.8) is 0 Å². The van der Waals surface area contributed by atoms with E-state index in [1.165, 1.54) is 6.92 Å². The molecule has 0 aromatic heterocycles. The maximum Gasteiger partial charge on any atom is 0.315 e. The van der Waals surface area contributed by atoms with Gasteiger partial charge in [-0.2, -0.15) is 11.8 Å². The van der Waals surface area contributed by atoms with Crippen molar-refractivity contribution in [2.75, 3.05) is 18.8 Å². The molecule has 7 nitrogen and oxygen atoms in total. The monoisotopic (exact) mass is 328 g/mol. The Labute approximate surface area is 134 Å². The number of amides is 4. The molecule has 2 aliphatic heterocycles. The van der Waals surface area contributed by atoms with Gasteiger partial charge in [-0.05, 0) is 12.8 Å². The molecule has 0 bridgehead atoms. The fourth-order valence-electron chi connectivity index (χ4n) is 2.80. The molecule has 0 spiro atoms. The molecule has 2 rings (SSSR count). The van der Waals surface area contributed by atoms with Crippen molar-refractivity contribution >= 4 is 29.6 Å². The van der Waals surface area contributed by atoms with E-state index in [9.17, 15) is 14.4 Å². The molecule has 124 valence electrons. The zero-order valence-corrected chi connectivity index (χ0v) is 13.6.